The summed E-state index contributed by atoms with van der Waals surface area (Å²) in [6, 6.07) is 15.2. The number of rotatable bonds is 6. The van der Waals surface area contributed by atoms with E-state index in [2.05, 4.69) is 15.5 Å². The van der Waals surface area contributed by atoms with E-state index in [-0.39, 0.29) is 11.8 Å². The molecule has 0 radical (unpaired) electrons. The Morgan fingerprint density at radius 1 is 0.964 bits per heavy atom. The Bertz CT molecular complexity index is 872. The van der Waals surface area contributed by atoms with E-state index in [9.17, 15) is 9.59 Å². The Morgan fingerprint density at radius 3 is 2.29 bits per heavy atom. The highest BCUT2D eigenvalue weighted by molar-refractivity contribution is 6.31. The molecular weight excluding hydrogens is 374 g/mol. The second kappa shape index (κ2) is 7.84. The van der Waals surface area contributed by atoms with Crippen molar-refractivity contribution in [1.29, 1.82) is 0 Å². The summed E-state index contributed by atoms with van der Waals surface area (Å²) in [4.78, 5) is 27.7. The van der Waals surface area contributed by atoms with E-state index in [4.69, 9.17) is 11.6 Å². The predicted octanol–water partition coefficient (Wildman–Crippen LogP) is 3.98. The molecule has 6 heteroatoms. The molecular formula is C22H24ClN3O2. The van der Waals surface area contributed by atoms with Crippen LogP contribution >= 0.6 is 11.6 Å². The van der Waals surface area contributed by atoms with Gasteiger partial charge in [0.05, 0.1) is 0 Å². The summed E-state index contributed by atoms with van der Waals surface area (Å²) < 4.78 is 0. The maximum Gasteiger partial charge on any atom is 0.240 e. The van der Waals surface area contributed by atoms with Crippen LogP contribution in [0.5, 0.6) is 0 Å². The number of nitrogens with zero attached hydrogens (tertiary/aromatic N) is 1. The maximum atomic E-state index is 12.7. The van der Waals surface area contributed by atoms with Gasteiger partial charge in [0.2, 0.25) is 11.8 Å². The molecule has 146 valence electrons. The van der Waals surface area contributed by atoms with Crippen molar-refractivity contribution in [2.24, 2.45) is 5.41 Å². The van der Waals surface area contributed by atoms with Gasteiger partial charge in [0.25, 0.3) is 0 Å². The smallest absolute Gasteiger partial charge is 0.240 e. The van der Waals surface area contributed by atoms with Gasteiger partial charge in [-0.05, 0) is 61.6 Å². The quantitative estimate of drug-likeness (QED) is 0.725. The van der Waals surface area contributed by atoms with E-state index in [1.54, 1.807) is 6.07 Å². The largest absolute Gasteiger partial charge is 0.372 e. The second-order valence-corrected chi connectivity index (χ2v) is 7.96. The Balaban J connectivity index is 1.35. The molecule has 0 aromatic heterocycles. The molecule has 2 N–H and O–H groups in total. The van der Waals surface area contributed by atoms with Crippen molar-refractivity contribution in [2.75, 3.05) is 23.3 Å². The molecule has 4 rings (SSSR count). The lowest BCUT2D eigenvalue weighted by atomic mass is 10.0. The first-order valence-electron chi connectivity index (χ1n) is 9.77. The van der Waals surface area contributed by atoms with Gasteiger partial charge in [-0.1, -0.05) is 29.8 Å². The summed E-state index contributed by atoms with van der Waals surface area (Å²) in [5.41, 5.74) is 1.77. The van der Waals surface area contributed by atoms with Crippen LogP contribution in [0.2, 0.25) is 5.02 Å². The number of nitrogens with one attached hydrogen (secondary N) is 2. The van der Waals surface area contributed by atoms with Crippen LogP contribution in [0.25, 0.3) is 0 Å². The molecule has 0 spiro atoms. The van der Waals surface area contributed by atoms with Crippen LogP contribution in [0, 0.1) is 5.41 Å². The SMILES string of the molecule is O=C(NCc1ccccc1Cl)C1(C(=O)Nc2ccc(N3CCCC3)cc2)CC1. The number of hydrogen-bond acceptors (Lipinski definition) is 3. The number of benzene rings is 2. The average molecular weight is 398 g/mol. The number of carbonyl (C=O) groups excluding carboxylic acids is 2. The normalized spacial score (nSPS) is 17.2. The van der Waals surface area contributed by atoms with Gasteiger partial charge in [-0.15, -0.1) is 0 Å². The number of amides is 2. The Hall–Kier alpha value is -2.53. The standard InChI is InChI=1S/C22H24ClN3O2/c23-19-6-2-1-5-16(19)15-24-20(27)22(11-12-22)21(28)25-17-7-9-18(10-8-17)26-13-3-4-14-26/h1-2,5-10H,3-4,11-15H2,(H,24,27)(H,25,28). The van der Waals surface area contributed by atoms with Gasteiger partial charge in [-0.25, -0.2) is 0 Å². The summed E-state index contributed by atoms with van der Waals surface area (Å²) in [7, 11) is 0. The number of halogens is 1. The molecule has 0 atom stereocenters. The third-order valence-corrected chi connectivity index (χ3v) is 5.98. The molecule has 0 unspecified atom stereocenters. The molecule has 1 saturated heterocycles. The highest BCUT2D eigenvalue weighted by Crippen LogP contribution is 2.47. The fourth-order valence-electron chi connectivity index (χ4n) is 3.65. The number of carbonyl (C=O) groups is 2. The third kappa shape index (κ3) is 3.85. The number of anilines is 2. The van der Waals surface area contributed by atoms with E-state index in [0.717, 1.165) is 24.3 Å². The molecule has 2 amide bonds. The van der Waals surface area contributed by atoms with Crippen LogP contribution in [0.4, 0.5) is 11.4 Å². The zero-order chi connectivity index (χ0) is 19.6. The van der Waals surface area contributed by atoms with Gasteiger partial charge >= 0.3 is 0 Å². The van der Waals surface area contributed by atoms with Gasteiger partial charge in [0.15, 0.2) is 0 Å². The van der Waals surface area contributed by atoms with Crippen molar-refractivity contribution in [2.45, 2.75) is 32.2 Å². The molecule has 2 aromatic carbocycles. The average Bonchev–Trinajstić information content (AvgIpc) is 3.35. The highest BCUT2D eigenvalue weighted by Gasteiger charge is 2.56. The van der Waals surface area contributed by atoms with Crippen LogP contribution in [-0.4, -0.2) is 24.9 Å². The fraction of sp³-hybridized carbons (Fsp3) is 0.364. The molecule has 2 aromatic rings. The third-order valence-electron chi connectivity index (χ3n) is 5.61. The molecule has 2 fully saturated rings. The van der Waals surface area contributed by atoms with Gasteiger partial charge in [0, 0.05) is 36.0 Å². The Morgan fingerprint density at radius 2 is 1.64 bits per heavy atom. The van der Waals surface area contributed by atoms with E-state index in [1.165, 1.54) is 18.5 Å². The van der Waals surface area contributed by atoms with E-state index < -0.39 is 5.41 Å². The van der Waals surface area contributed by atoms with Gasteiger partial charge in [-0.2, -0.15) is 0 Å². The first-order valence-corrected chi connectivity index (χ1v) is 10.1. The summed E-state index contributed by atoms with van der Waals surface area (Å²) >= 11 is 6.13. The molecule has 0 bridgehead atoms. The van der Waals surface area contributed by atoms with Crippen LogP contribution in [0.3, 0.4) is 0 Å². The van der Waals surface area contributed by atoms with Crippen LogP contribution in [-0.2, 0) is 16.1 Å². The van der Waals surface area contributed by atoms with Crippen molar-refractivity contribution in [3.05, 3.63) is 59.1 Å². The molecule has 2 aliphatic rings. The zero-order valence-corrected chi connectivity index (χ0v) is 16.5. The lowest BCUT2D eigenvalue weighted by Crippen LogP contribution is -2.39. The summed E-state index contributed by atoms with van der Waals surface area (Å²) in [6.45, 7) is 2.49. The molecule has 1 aliphatic carbocycles. The van der Waals surface area contributed by atoms with Crippen molar-refractivity contribution in [1.82, 2.24) is 5.32 Å². The van der Waals surface area contributed by atoms with Crippen molar-refractivity contribution in [3.8, 4) is 0 Å². The summed E-state index contributed by atoms with van der Waals surface area (Å²) in [5, 5.41) is 6.38. The minimum Gasteiger partial charge on any atom is -0.372 e. The van der Waals surface area contributed by atoms with Crippen molar-refractivity contribution < 1.29 is 9.59 Å². The van der Waals surface area contributed by atoms with Crippen molar-refractivity contribution in [3.63, 3.8) is 0 Å². The lowest BCUT2D eigenvalue weighted by molar-refractivity contribution is -0.134. The predicted molar refractivity (Wildman–Crippen MR) is 111 cm³/mol. The lowest BCUT2D eigenvalue weighted by Gasteiger charge is -2.19. The first-order chi connectivity index (χ1) is 13.6. The topological polar surface area (TPSA) is 61.4 Å². The Labute approximate surface area is 170 Å². The van der Waals surface area contributed by atoms with E-state index in [1.807, 2.05) is 42.5 Å². The van der Waals surface area contributed by atoms with Crippen LogP contribution < -0.4 is 15.5 Å². The molecule has 1 aliphatic heterocycles. The van der Waals surface area contributed by atoms with E-state index in [0.29, 0.717) is 24.4 Å². The zero-order valence-electron chi connectivity index (χ0n) is 15.7. The van der Waals surface area contributed by atoms with Crippen molar-refractivity contribution >= 4 is 34.8 Å². The summed E-state index contributed by atoms with van der Waals surface area (Å²) in [6.07, 6.45) is 3.59. The van der Waals surface area contributed by atoms with E-state index >= 15 is 0 Å². The minimum atomic E-state index is -0.963. The van der Waals surface area contributed by atoms with Gasteiger partial charge in [-0.3, -0.25) is 9.59 Å². The molecule has 1 heterocycles. The molecule has 1 saturated carbocycles. The molecule has 5 nitrogen and oxygen atoms in total. The molecule has 28 heavy (non-hydrogen) atoms. The fourth-order valence-corrected chi connectivity index (χ4v) is 3.85. The first kappa shape index (κ1) is 18.8. The second-order valence-electron chi connectivity index (χ2n) is 7.55. The highest BCUT2D eigenvalue weighted by atomic mass is 35.5. The maximum absolute atomic E-state index is 12.7. The Kier molecular flexibility index (Phi) is 5.27. The van der Waals surface area contributed by atoms with Crippen LogP contribution in [0.15, 0.2) is 48.5 Å². The van der Waals surface area contributed by atoms with Gasteiger partial charge in [0.1, 0.15) is 5.41 Å². The minimum absolute atomic E-state index is 0.237. The number of hydrogen-bond donors (Lipinski definition) is 2. The van der Waals surface area contributed by atoms with Crippen LogP contribution in [0.1, 0.15) is 31.2 Å². The monoisotopic (exact) mass is 397 g/mol. The van der Waals surface area contributed by atoms with Gasteiger partial charge < -0.3 is 15.5 Å². The summed E-state index contributed by atoms with van der Waals surface area (Å²) in [5.74, 6) is -0.475.